The van der Waals surface area contributed by atoms with Crippen molar-refractivity contribution in [2.75, 3.05) is 13.7 Å². The second kappa shape index (κ2) is 6.25. The van der Waals surface area contributed by atoms with Gasteiger partial charge in [0, 0.05) is 15.7 Å². The molecule has 0 radical (unpaired) electrons. The molecule has 0 bridgehead atoms. The van der Waals surface area contributed by atoms with Crippen molar-refractivity contribution in [1.29, 1.82) is 0 Å². The summed E-state index contributed by atoms with van der Waals surface area (Å²) < 4.78 is 19.2. The molecule has 0 amide bonds. The minimum Gasteiger partial charge on any atom is -0.494 e. The Morgan fingerprint density at radius 3 is 2.67 bits per heavy atom. The van der Waals surface area contributed by atoms with E-state index in [1.165, 1.54) is 13.2 Å². The molecule has 1 heterocycles. The Hall–Kier alpha value is -1.25. The summed E-state index contributed by atoms with van der Waals surface area (Å²) in [5.74, 6) is 0.261. The van der Waals surface area contributed by atoms with Crippen molar-refractivity contribution in [3.8, 4) is 17.0 Å². The molecule has 0 fully saturated rings. The maximum Gasteiger partial charge on any atom is 0.145 e. The highest BCUT2D eigenvalue weighted by molar-refractivity contribution is 14.1. The molecule has 0 aliphatic heterocycles. The first-order valence-corrected chi connectivity index (χ1v) is 7.40. The molecule has 6 heteroatoms. The summed E-state index contributed by atoms with van der Waals surface area (Å²) in [6.45, 7) is 1.65. The molecule has 0 saturated carbocycles. The highest BCUT2D eigenvalue weighted by Gasteiger charge is 2.24. The lowest BCUT2D eigenvalue weighted by Crippen LogP contribution is -2.32. The van der Waals surface area contributed by atoms with Crippen molar-refractivity contribution < 1.29 is 14.2 Å². The number of aliphatic hydroxyl groups is 1. The molecule has 3 N–H and O–H groups in total. The van der Waals surface area contributed by atoms with Crippen LogP contribution in [-0.2, 0) is 5.60 Å². The van der Waals surface area contributed by atoms with Crippen LogP contribution >= 0.6 is 22.6 Å². The number of methoxy groups -OCH3 is 1. The van der Waals surface area contributed by atoms with E-state index in [0.717, 1.165) is 0 Å². The summed E-state index contributed by atoms with van der Waals surface area (Å²) in [5.41, 5.74) is 6.04. The third kappa shape index (κ3) is 3.33. The summed E-state index contributed by atoms with van der Waals surface area (Å²) in [6.07, 6.45) is 0. The van der Waals surface area contributed by atoms with Crippen LogP contribution in [0.1, 0.15) is 12.6 Å². The Bertz CT molecular complexity index is 662. The van der Waals surface area contributed by atoms with Crippen LogP contribution in [0.3, 0.4) is 0 Å². The summed E-state index contributed by atoms with van der Waals surface area (Å²) in [4.78, 5) is 4.45. The molecule has 112 valence electrons. The van der Waals surface area contributed by atoms with Gasteiger partial charge in [-0.15, -0.1) is 0 Å². The van der Waals surface area contributed by atoms with Crippen LogP contribution < -0.4 is 10.5 Å². The predicted octanol–water partition coefficient (Wildman–Crippen LogP) is 2.67. The Morgan fingerprint density at radius 2 is 2.10 bits per heavy atom. The fourth-order valence-electron chi connectivity index (χ4n) is 1.87. The van der Waals surface area contributed by atoms with Crippen LogP contribution in [0.15, 0.2) is 30.3 Å². The van der Waals surface area contributed by atoms with Crippen LogP contribution in [0.5, 0.6) is 5.75 Å². The average molecular weight is 402 g/mol. The van der Waals surface area contributed by atoms with Crippen LogP contribution in [-0.4, -0.2) is 23.7 Å². The lowest BCUT2D eigenvalue weighted by atomic mass is 10.0. The molecule has 21 heavy (non-hydrogen) atoms. The maximum atomic E-state index is 13.4. The van der Waals surface area contributed by atoms with E-state index in [1.54, 1.807) is 31.2 Å². The molecule has 0 saturated heterocycles. The van der Waals surface area contributed by atoms with Gasteiger partial charge < -0.3 is 15.6 Å². The van der Waals surface area contributed by atoms with Crippen molar-refractivity contribution >= 4 is 22.6 Å². The van der Waals surface area contributed by atoms with E-state index < -0.39 is 5.60 Å². The minimum absolute atomic E-state index is 0.0483. The van der Waals surface area contributed by atoms with Gasteiger partial charge in [-0.3, -0.25) is 0 Å². The van der Waals surface area contributed by atoms with Gasteiger partial charge in [0.2, 0.25) is 0 Å². The van der Waals surface area contributed by atoms with Gasteiger partial charge >= 0.3 is 0 Å². The van der Waals surface area contributed by atoms with E-state index >= 15 is 0 Å². The van der Waals surface area contributed by atoms with E-state index in [2.05, 4.69) is 4.98 Å². The maximum absolute atomic E-state index is 13.4. The van der Waals surface area contributed by atoms with Crippen molar-refractivity contribution in [3.05, 3.63) is 45.4 Å². The fraction of sp³-hybridized carbons (Fsp3) is 0.267. The zero-order valence-electron chi connectivity index (χ0n) is 11.7. The van der Waals surface area contributed by atoms with Gasteiger partial charge in [0.1, 0.15) is 22.9 Å². The first kappa shape index (κ1) is 16.1. The van der Waals surface area contributed by atoms with Gasteiger partial charge in [0.15, 0.2) is 0 Å². The first-order chi connectivity index (χ1) is 9.89. The standard InChI is InChI=1S/C15H16FIN2O2/c1-15(20,8-18)13-6-5-12(21-2)14(19-13)9-3-4-10(16)11(17)7-9/h3-7,20H,8,18H2,1-2H3. The average Bonchev–Trinajstić information content (AvgIpc) is 2.49. The molecule has 0 aliphatic carbocycles. The van der Waals surface area contributed by atoms with Crippen molar-refractivity contribution in [3.63, 3.8) is 0 Å². The number of rotatable bonds is 4. The van der Waals surface area contributed by atoms with Gasteiger partial charge in [-0.25, -0.2) is 9.37 Å². The normalized spacial score (nSPS) is 13.8. The Morgan fingerprint density at radius 1 is 1.38 bits per heavy atom. The van der Waals surface area contributed by atoms with E-state index in [1.807, 2.05) is 22.6 Å². The topological polar surface area (TPSA) is 68.4 Å². The monoisotopic (exact) mass is 402 g/mol. The van der Waals surface area contributed by atoms with E-state index in [9.17, 15) is 9.50 Å². The van der Waals surface area contributed by atoms with Gasteiger partial charge in [-0.1, -0.05) is 0 Å². The van der Waals surface area contributed by atoms with Crippen LogP contribution in [0.4, 0.5) is 4.39 Å². The molecule has 1 unspecified atom stereocenters. The Kier molecular flexibility index (Phi) is 4.80. The molecular weight excluding hydrogens is 386 g/mol. The zero-order chi connectivity index (χ0) is 15.6. The number of aromatic nitrogens is 1. The summed E-state index contributed by atoms with van der Waals surface area (Å²) >= 11 is 1.92. The van der Waals surface area contributed by atoms with E-state index in [0.29, 0.717) is 26.3 Å². The van der Waals surface area contributed by atoms with Gasteiger partial charge in [-0.05, 0) is 59.8 Å². The molecule has 2 aromatic rings. The quantitative estimate of drug-likeness (QED) is 0.772. The first-order valence-electron chi connectivity index (χ1n) is 6.32. The highest BCUT2D eigenvalue weighted by Crippen LogP contribution is 2.32. The number of hydrogen-bond donors (Lipinski definition) is 2. The highest BCUT2D eigenvalue weighted by atomic mass is 127. The molecule has 0 aliphatic rings. The second-order valence-electron chi connectivity index (χ2n) is 4.85. The second-order valence-corrected chi connectivity index (χ2v) is 6.02. The number of nitrogens with zero attached hydrogens (tertiary/aromatic N) is 1. The lowest BCUT2D eigenvalue weighted by Gasteiger charge is -2.22. The van der Waals surface area contributed by atoms with E-state index in [4.69, 9.17) is 10.5 Å². The molecule has 2 rings (SSSR count). The number of ether oxygens (including phenoxy) is 1. The Balaban J connectivity index is 2.59. The molecule has 1 aromatic carbocycles. The molecular formula is C15H16FIN2O2. The fourth-order valence-corrected chi connectivity index (χ4v) is 2.38. The minimum atomic E-state index is -1.23. The summed E-state index contributed by atoms with van der Waals surface area (Å²) in [5, 5.41) is 10.2. The molecule has 1 aromatic heterocycles. The number of nitrogens with two attached hydrogens (primary N) is 1. The summed E-state index contributed by atoms with van der Waals surface area (Å²) in [7, 11) is 1.54. The van der Waals surface area contributed by atoms with Crippen LogP contribution in [0, 0.1) is 9.39 Å². The van der Waals surface area contributed by atoms with Gasteiger partial charge in [0.05, 0.1) is 12.8 Å². The van der Waals surface area contributed by atoms with E-state index in [-0.39, 0.29) is 12.4 Å². The van der Waals surface area contributed by atoms with Crippen LogP contribution in [0.2, 0.25) is 0 Å². The third-order valence-corrected chi connectivity index (χ3v) is 4.05. The Labute approximate surface area is 136 Å². The van der Waals surface area contributed by atoms with Crippen molar-refractivity contribution in [2.24, 2.45) is 5.73 Å². The largest absolute Gasteiger partial charge is 0.494 e. The number of hydrogen-bond acceptors (Lipinski definition) is 4. The number of pyridine rings is 1. The smallest absolute Gasteiger partial charge is 0.145 e. The van der Waals surface area contributed by atoms with Crippen molar-refractivity contribution in [2.45, 2.75) is 12.5 Å². The lowest BCUT2D eigenvalue weighted by molar-refractivity contribution is 0.0622. The van der Waals surface area contributed by atoms with Crippen molar-refractivity contribution in [1.82, 2.24) is 4.98 Å². The third-order valence-electron chi connectivity index (χ3n) is 3.22. The summed E-state index contributed by atoms with van der Waals surface area (Å²) in [6, 6.07) is 8.08. The predicted molar refractivity (Wildman–Crippen MR) is 87.5 cm³/mol. The number of benzene rings is 1. The van der Waals surface area contributed by atoms with Crippen LogP contribution in [0.25, 0.3) is 11.3 Å². The van der Waals surface area contributed by atoms with Gasteiger partial charge in [0.25, 0.3) is 0 Å². The molecule has 4 nitrogen and oxygen atoms in total. The number of halogens is 2. The molecule has 0 spiro atoms. The molecule has 1 atom stereocenters. The van der Waals surface area contributed by atoms with Gasteiger partial charge in [-0.2, -0.15) is 0 Å². The SMILES string of the molecule is COc1ccc(C(C)(O)CN)nc1-c1ccc(F)c(I)c1. The zero-order valence-corrected chi connectivity index (χ0v) is 13.9.